The van der Waals surface area contributed by atoms with E-state index in [1.807, 2.05) is 25.1 Å². The molecule has 0 aliphatic carbocycles. The van der Waals surface area contributed by atoms with Crippen molar-refractivity contribution in [1.29, 1.82) is 5.26 Å². The molecule has 5 nitrogen and oxygen atoms in total. The van der Waals surface area contributed by atoms with E-state index in [2.05, 4.69) is 25.2 Å². The molecule has 0 saturated heterocycles. The van der Waals surface area contributed by atoms with Gasteiger partial charge in [0.2, 0.25) is 0 Å². The molecule has 2 heterocycles. The number of phenolic OH excluding ortho intramolecular Hbond substituents is 1. The number of anilines is 1. The molecule has 0 unspecified atom stereocenters. The molecule has 3 aromatic rings. The number of hydrogen-bond acceptors (Lipinski definition) is 5. The molecule has 0 atom stereocenters. The minimum atomic E-state index is -0.588. The van der Waals surface area contributed by atoms with Crippen LogP contribution in [0.1, 0.15) is 43.0 Å². The molecule has 0 aromatic heterocycles. The molecule has 0 amide bonds. The third-order valence-electron chi connectivity index (χ3n) is 6.12. The van der Waals surface area contributed by atoms with E-state index >= 15 is 0 Å². The molecular weight excluding hydrogens is 431 g/mol. The Bertz CT molecular complexity index is 1460. The molecule has 3 aromatic carbocycles. The second-order valence-electron chi connectivity index (χ2n) is 9.00. The third kappa shape index (κ3) is 3.29. The highest BCUT2D eigenvalue weighted by molar-refractivity contribution is 6.02. The number of benzene rings is 3. The van der Waals surface area contributed by atoms with E-state index in [1.165, 1.54) is 19.2 Å². The van der Waals surface area contributed by atoms with Gasteiger partial charge < -0.3 is 19.9 Å². The molecule has 5 rings (SSSR count). The van der Waals surface area contributed by atoms with E-state index in [0.29, 0.717) is 28.4 Å². The number of methoxy groups -OCH3 is 1. The maximum Gasteiger partial charge on any atom is 0.172 e. The van der Waals surface area contributed by atoms with Crippen LogP contribution in [0.4, 0.5) is 10.1 Å². The van der Waals surface area contributed by atoms with Crippen molar-refractivity contribution >= 4 is 23.1 Å². The zero-order chi connectivity index (χ0) is 24.2. The summed E-state index contributed by atoms with van der Waals surface area (Å²) in [5, 5.41) is 23.5. The lowest BCUT2D eigenvalue weighted by molar-refractivity contribution is 0.371. The summed E-state index contributed by atoms with van der Waals surface area (Å²) in [6.07, 6.45) is 3.83. The van der Waals surface area contributed by atoms with Crippen LogP contribution in [0.15, 0.2) is 48.5 Å². The number of aromatic hydroxyl groups is 1. The van der Waals surface area contributed by atoms with Crippen LogP contribution < -0.4 is 14.8 Å². The van der Waals surface area contributed by atoms with Crippen molar-refractivity contribution in [3.05, 3.63) is 76.6 Å². The molecule has 0 fully saturated rings. The summed E-state index contributed by atoms with van der Waals surface area (Å²) < 4.78 is 26.2. The van der Waals surface area contributed by atoms with Gasteiger partial charge in [-0.25, -0.2) is 4.39 Å². The highest BCUT2D eigenvalue weighted by Crippen LogP contribution is 2.54. The monoisotopic (exact) mass is 454 g/mol. The molecule has 34 heavy (non-hydrogen) atoms. The van der Waals surface area contributed by atoms with Crippen molar-refractivity contribution in [2.75, 3.05) is 12.4 Å². The van der Waals surface area contributed by atoms with Gasteiger partial charge in [0.1, 0.15) is 23.4 Å². The van der Waals surface area contributed by atoms with E-state index in [-0.39, 0.29) is 16.9 Å². The number of allylic oxidation sites excluding steroid dienone is 1. The number of hydrogen-bond donors (Lipinski definition) is 2. The van der Waals surface area contributed by atoms with Crippen LogP contribution in [0.2, 0.25) is 0 Å². The predicted octanol–water partition coefficient (Wildman–Crippen LogP) is 6.58. The second-order valence-corrected chi connectivity index (χ2v) is 9.00. The van der Waals surface area contributed by atoms with Gasteiger partial charge in [-0.3, -0.25) is 0 Å². The van der Waals surface area contributed by atoms with Crippen molar-refractivity contribution in [3.8, 4) is 34.4 Å². The first-order valence-electron chi connectivity index (χ1n) is 10.9. The van der Waals surface area contributed by atoms with Crippen LogP contribution in [0.5, 0.6) is 17.2 Å². The fraction of sp³-hybridized carbons (Fsp3) is 0.179. The van der Waals surface area contributed by atoms with Crippen molar-refractivity contribution in [2.45, 2.75) is 26.3 Å². The van der Waals surface area contributed by atoms with E-state index in [0.717, 1.165) is 28.0 Å². The molecule has 2 aliphatic rings. The minimum Gasteiger partial charge on any atom is -0.504 e. The van der Waals surface area contributed by atoms with Gasteiger partial charge in [0.25, 0.3) is 0 Å². The fourth-order valence-corrected chi connectivity index (χ4v) is 4.87. The van der Waals surface area contributed by atoms with Gasteiger partial charge in [0.05, 0.1) is 23.8 Å². The van der Waals surface area contributed by atoms with Crippen LogP contribution in [0.25, 0.3) is 28.5 Å². The van der Waals surface area contributed by atoms with Gasteiger partial charge in [0, 0.05) is 22.4 Å². The number of nitrogens with zero attached hydrogens (tertiary/aromatic N) is 1. The third-order valence-corrected chi connectivity index (χ3v) is 6.12. The van der Waals surface area contributed by atoms with Crippen molar-refractivity contribution in [1.82, 2.24) is 0 Å². The quantitative estimate of drug-likeness (QED) is 0.458. The van der Waals surface area contributed by atoms with Gasteiger partial charge in [-0.15, -0.1) is 0 Å². The largest absolute Gasteiger partial charge is 0.504 e. The van der Waals surface area contributed by atoms with Gasteiger partial charge >= 0.3 is 0 Å². The summed E-state index contributed by atoms with van der Waals surface area (Å²) >= 11 is 0. The smallest absolute Gasteiger partial charge is 0.172 e. The van der Waals surface area contributed by atoms with E-state index in [4.69, 9.17) is 9.47 Å². The van der Waals surface area contributed by atoms with Crippen LogP contribution in [0.3, 0.4) is 0 Å². The number of nitriles is 1. The first-order chi connectivity index (χ1) is 16.2. The molecule has 0 bridgehead atoms. The minimum absolute atomic E-state index is 0.00405. The maximum atomic E-state index is 14.3. The van der Waals surface area contributed by atoms with Gasteiger partial charge in [0.15, 0.2) is 11.5 Å². The summed E-state index contributed by atoms with van der Waals surface area (Å²) in [7, 11) is 1.50. The van der Waals surface area contributed by atoms with Crippen molar-refractivity contribution in [2.24, 2.45) is 0 Å². The lowest BCUT2D eigenvalue weighted by Gasteiger charge is -2.35. The van der Waals surface area contributed by atoms with Crippen LogP contribution in [0, 0.1) is 17.1 Å². The summed E-state index contributed by atoms with van der Waals surface area (Å²) in [5.74, 6) is 0.697. The highest BCUT2D eigenvalue weighted by atomic mass is 19.1. The molecule has 0 radical (unpaired) electrons. The van der Waals surface area contributed by atoms with Crippen LogP contribution in [-0.4, -0.2) is 17.8 Å². The Morgan fingerprint density at radius 1 is 1.12 bits per heavy atom. The lowest BCUT2D eigenvalue weighted by atomic mass is 9.82. The average Bonchev–Trinajstić information content (AvgIpc) is 2.78. The van der Waals surface area contributed by atoms with E-state index in [9.17, 15) is 14.8 Å². The summed E-state index contributed by atoms with van der Waals surface area (Å²) in [4.78, 5) is 0. The first-order valence-corrected chi connectivity index (χ1v) is 10.9. The highest BCUT2D eigenvalue weighted by Gasteiger charge is 2.33. The molecular formula is C28H23FN2O3. The normalized spacial score (nSPS) is 16.2. The lowest BCUT2D eigenvalue weighted by Crippen LogP contribution is -2.32. The van der Waals surface area contributed by atoms with Gasteiger partial charge in [-0.05, 0) is 62.2 Å². The Balaban J connectivity index is 1.86. The maximum absolute atomic E-state index is 14.3. The predicted molar refractivity (Wildman–Crippen MR) is 131 cm³/mol. The number of nitrogens with one attached hydrogen (secondary N) is 1. The van der Waals surface area contributed by atoms with E-state index in [1.54, 1.807) is 24.3 Å². The zero-order valence-electron chi connectivity index (χ0n) is 19.3. The zero-order valence-corrected chi connectivity index (χ0v) is 19.3. The Morgan fingerprint density at radius 2 is 1.91 bits per heavy atom. The van der Waals surface area contributed by atoms with Crippen LogP contribution >= 0.6 is 0 Å². The Labute approximate surface area is 197 Å². The second kappa shape index (κ2) is 7.67. The van der Waals surface area contributed by atoms with E-state index < -0.39 is 5.82 Å². The SMILES string of the molecule is COc1c(O)ccc2c1-c1ccc3c(c1/C(=C/c1cccc(F)c1C#N)O2)C(C)=CC(C)(C)N3. The number of rotatable bonds is 2. The Hall–Kier alpha value is -4.24. The Morgan fingerprint density at radius 3 is 2.65 bits per heavy atom. The molecule has 0 saturated carbocycles. The van der Waals surface area contributed by atoms with Crippen LogP contribution in [-0.2, 0) is 0 Å². The topological polar surface area (TPSA) is 74.5 Å². The van der Waals surface area contributed by atoms with Crippen molar-refractivity contribution < 1.29 is 19.0 Å². The van der Waals surface area contributed by atoms with Gasteiger partial charge in [-0.1, -0.05) is 24.3 Å². The summed E-state index contributed by atoms with van der Waals surface area (Å²) in [6, 6.07) is 13.6. The summed E-state index contributed by atoms with van der Waals surface area (Å²) in [6.45, 7) is 6.22. The molecule has 0 spiro atoms. The molecule has 6 heteroatoms. The average molecular weight is 455 g/mol. The number of phenols is 1. The molecule has 2 aliphatic heterocycles. The van der Waals surface area contributed by atoms with Crippen molar-refractivity contribution in [3.63, 3.8) is 0 Å². The fourth-order valence-electron chi connectivity index (χ4n) is 4.87. The number of ether oxygens (including phenoxy) is 2. The van der Waals surface area contributed by atoms with Gasteiger partial charge in [-0.2, -0.15) is 5.26 Å². The number of halogens is 1. The molecule has 170 valence electrons. The first kappa shape index (κ1) is 21.6. The summed E-state index contributed by atoms with van der Waals surface area (Å²) in [5.41, 5.74) is 5.26. The Kier molecular flexibility index (Phi) is 4.87. The standard InChI is InChI=1S/C28H23FN2O3/c1-15-13-28(2,3)31-20-9-8-17-25(24(15)20)23(12-16-6-5-7-19(29)18(16)14-30)34-22-11-10-21(32)27(33-4)26(17)22/h5-13,31-32H,1-4H3/b23-12-. The molecule has 2 N–H and O–H groups in total. The number of fused-ring (bicyclic) bond motifs is 5.